The Hall–Kier alpha value is -3.05. The maximum atomic E-state index is 5.80. The fourth-order valence-electron chi connectivity index (χ4n) is 3.95. The number of fused-ring (bicyclic) bond motifs is 4. The highest BCUT2D eigenvalue weighted by molar-refractivity contribution is 7.80. The van der Waals surface area contributed by atoms with Gasteiger partial charge in [-0.25, -0.2) is 0 Å². The van der Waals surface area contributed by atoms with Crippen LogP contribution in [0.15, 0.2) is 67.0 Å². The Bertz CT molecular complexity index is 1190. The number of nitrogens with one attached hydrogen (secondary N) is 1. The highest BCUT2D eigenvalue weighted by Crippen LogP contribution is 2.34. The third kappa shape index (κ3) is 2.62. The standard InChI is InChI=1S/C22H18N4S/c1-14-12-15-6-2-3-9-20(15)26(14)22(27)25-19-13-18-16(7-4-10-23-18)17-8-5-11-24-21(17)19/h2-11,13-14H,12H2,1H3,(H,25,27)/t14-/m0/s1. The van der Waals surface area contributed by atoms with Crippen molar-refractivity contribution in [1.29, 1.82) is 0 Å². The van der Waals surface area contributed by atoms with Gasteiger partial charge in [-0.2, -0.15) is 0 Å². The van der Waals surface area contributed by atoms with Crippen LogP contribution in [0.4, 0.5) is 11.4 Å². The number of aromatic nitrogens is 2. The average molecular weight is 370 g/mol. The molecule has 5 heteroatoms. The molecular weight excluding hydrogens is 352 g/mol. The highest BCUT2D eigenvalue weighted by atomic mass is 32.1. The van der Waals surface area contributed by atoms with Gasteiger partial charge in [-0.1, -0.05) is 30.3 Å². The number of para-hydroxylation sites is 1. The van der Waals surface area contributed by atoms with Crippen molar-refractivity contribution in [3.63, 3.8) is 0 Å². The number of thiocarbonyl (C=S) groups is 1. The molecule has 4 nitrogen and oxygen atoms in total. The Balaban J connectivity index is 1.59. The molecule has 1 N–H and O–H groups in total. The lowest BCUT2D eigenvalue weighted by Crippen LogP contribution is -2.38. The van der Waals surface area contributed by atoms with Gasteiger partial charge in [0.25, 0.3) is 0 Å². The first kappa shape index (κ1) is 16.1. The van der Waals surface area contributed by atoms with Crippen LogP contribution in [-0.4, -0.2) is 21.1 Å². The average Bonchev–Trinajstić information content (AvgIpc) is 3.04. The van der Waals surface area contributed by atoms with Gasteiger partial charge in [0.05, 0.1) is 16.7 Å². The molecular formula is C22H18N4S. The second-order valence-electron chi connectivity index (χ2n) is 6.88. The van der Waals surface area contributed by atoms with Gasteiger partial charge in [-0.15, -0.1) is 0 Å². The number of anilines is 2. The van der Waals surface area contributed by atoms with E-state index in [0.717, 1.165) is 33.9 Å². The van der Waals surface area contributed by atoms with Crippen LogP contribution in [0.25, 0.3) is 21.8 Å². The second kappa shape index (κ2) is 6.28. The van der Waals surface area contributed by atoms with E-state index in [1.165, 1.54) is 11.3 Å². The van der Waals surface area contributed by atoms with Crippen molar-refractivity contribution in [2.75, 3.05) is 10.2 Å². The zero-order valence-corrected chi connectivity index (χ0v) is 15.7. The summed E-state index contributed by atoms with van der Waals surface area (Å²) in [6.45, 7) is 2.20. The second-order valence-corrected chi connectivity index (χ2v) is 7.26. The minimum atomic E-state index is 0.320. The molecule has 132 valence electrons. The van der Waals surface area contributed by atoms with Crippen molar-refractivity contribution in [3.8, 4) is 0 Å². The van der Waals surface area contributed by atoms with Crippen molar-refractivity contribution in [2.45, 2.75) is 19.4 Å². The zero-order chi connectivity index (χ0) is 18.4. The lowest BCUT2D eigenvalue weighted by atomic mass is 10.1. The van der Waals surface area contributed by atoms with Crippen molar-refractivity contribution >= 4 is 50.5 Å². The molecule has 0 radical (unpaired) electrons. The Morgan fingerprint density at radius 2 is 1.81 bits per heavy atom. The SMILES string of the molecule is C[C@H]1Cc2ccccc2N1C(=S)Nc1cc2ncccc2c2cccnc12. The number of pyridine rings is 2. The van der Waals surface area contributed by atoms with Crippen LogP contribution in [0.5, 0.6) is 0 Å². The van der Waals surface area contributed by atoms with Crippen LogP contribution in [0.1, 0.15) is 12.5 Å². The molecule has 0 aliphatic carbocycles. The molecule has 4 aromatic rings. The van der Waals surface area contributed by atoms with E-state index in [2.05, 4.69) is 63.5 Å². The molecule has 1 aliphatic rings. The molecule has 2 aromatic heterocycles. The van der Waals surface area contributed by atoms with E-state index in [1.54, 1.807) is 0 Å². The maximum absolute atomic E-state index is 5.80. The molecule has 0 fully saturated rings. The topological polar surface area (TPSA) is 41.0 Å². The minimum Gasteiger partial charge on any atom is -0.330 e. The molecule has 2 aromatic carbocycles. The van der Waals surface area contributed by atoms with Gasteiger partial charge in [0.15, 0.2) is 5.11 Å². The van der Waals surface area contributed by atoms with Crippen molar-refractivity contribution in [1.82, 2.24) is 9.97 Å². The molecule has 1 aliphatic heterocycles. The molecule has 3 heterocycles. The van der Waals surface area contributed by atoms with Gasteiger partial charge in [-0.05, 0) is 55.4 Å². The summed E-state index contributed by atoms with van der Waals surface area (Å²) in [6, 6.07) is 18.9. The van der Waals surface area contributed by atoms with Crippen LogP contribution in [0, 0.1) is 0 Å². The predicted octanol–water partition coefficient (Wildman–Crippen LogP) is 4.93. The lowest BCUT2D eigenvalue weighted by Gasteiger charge is -2.26. The van der Waals surface area contributed by atoms with Crippen LogP contribution in [-0.2, 0) is 6.42 Å². The van der Waals surface area contributed by atoms with Gasteiger partial charge in [0.2, 0.25) is 0 Å². The molecule has 0 bridgehead atoms. The molecule has 27 heavy (non-hydrogen) atoms. The van der Waals surface area contributed by atoms with E-state index < -0.39 is 0 Å². The third-order valence-corrected chi connectivity index (χ3v) is 5.44. The molecule has 0 saturated carbocycles. The van der Waals surface area contributed by atoms with E-state index >= 15 is 0 Å². The monoisotopic (exact) mass is 370 g/mol. The summed E-state index contributed by atoms with van der Waals surface area (Å²) in [5.41, 5.74) is 5.23. The normalized spacial score (nSPS) is 15.9. The summed E-state index contributed by atoms with van der Waals surface area (Å²) >= 11 is 5.80. The zero-order valence-electron chi connectivity index (χ0n) is 14.9. The van der Waals surface area contributed by atoms with Crippen molar-refractivity contribution in [3.05, 3.63) is 72.6 Å². The summed E-state index contributed by atoms with van der Waals surface area (Å²) in [4.78, 5) is 11.3. The van der Waals surface area contributed by atoms with Crippen LogP contribution in [0.3, 0.4) is 0 Å². The van der Waals surface area contributed by atoms with Crippen LogP contribution < -0.4 is 10.2 Å². The third-order valence-electron chi connectivity index (χ3n) is 5.14. The fourth-order valence-corrected chi connectivity index (χ4v) is 4.34. The lowest BCUT2D eigenvalue weighted by molar-refractivity contribution is 0.776. The van der Waals surface area contributed by atoms with Gasteiger partial charge in [0, 0.05) is 34.9 Å². The van der Waals surface area contributed by atoms with E-state index in [9.17, 15) is 0 Å². The van der Waals surface area contributed by atoms with Crippen molar-refractivity contribution < 1.29 is 0 Å². The number of benzene rings is 2. The number of nitrogens with zero attached hydrogens (tertiary/aromatic N) is 3. The summed E-state index contributed by atoms with van der Waals surface area (Å²) < 4.78 is 0. The van der Waals surface area contributed by atoms with Crippen molar-refractivity contribution in [2.24, 2.45) is 0 Å². The minimum absolute atomic E-state index is 0.320. The molecule has 0 saturated heterocycles. The summed E-state index contributed by atoms with van der Waals surface area (Å²) in [5.74, 6) is 0. The van der Waals surface area contributed by atoms with E-state index in [0.29, 0.717) is 11.2 Å². The van der Waals surface area contributed by atoms with Crippen LogP contribution >= 0.6 is 12.2 Å². The summed E-state index contributed by atoms with van der Waals surface area (Å²) in [5, 5.41) is 6.30. The quantitative estimate of drug-likeness (QED) is 0.380. The molecule has 5 rings (SSSR count). The Morgan fingerprint density at radius 1 is 1.04 bits per heavy atom. The highest BCUT2D eigenvalue weighted by Gasteiger charge is 2.28. The molecule has 0 unspecified atom stereocenters. The smallest absolute Gasteiger partial charge is 0.178 e. The van der Waals surface area contributed by atoms with Gasteiger partial charge >= 0.3 is 0 Å². The van der Waals surface area contributed by atoms with E-state index in [1.807, 2.05) is 30.6 Å². The van der Waals surface area contributed by atoms with Gasteiger partial charge < -0.3 is 10.2 Å². The van der Waals surface area contributed by atoms with E-state index in [4.69, 9.17) is 12.2 Å². The molecule has 0 amide bonds. The first-order valence-electron chi connectivity index (χ1n) is 9.03. The van der Waals surface area contributed by atoms with E-state index in [-0.39, 0.29) is 0 Å². The fraction of sp³-hybridized carbons (Fsp3) is 0.136. The Labute approximate surface area is 162 Å². The Kier molecular flexibility index (Phi) is 3.76. The summed E-state index contributed by atoms with van der Waals surface area (Å²) in [6.07, 6.45) is 4.62. The Morgan fingerprint density at radius 3 is 2.70 bits per heavy atom. The first-order chi connectivity index (χ1) is 13.2. The number of hydrogen-bond donors (Lipinski definition) is 1. The molecule has 0 spiro atoms. The summed E-state index contributed by atoms with van der Waals surface area (Å²) in [7, 11) is 0. The first-order valence-corrected chi connectivity index (χ1v) is 9.44. The van der Waals surface area contributed by atoms with Gasteiger partial charge in [-0.3, -0.25) is 9.97 Å². The largest absolute Gasteiger partial charge is 0.330 e. The molecule has 1 atom stereocenters. The number of hydrogen-bond acceptors (Lipinski definition) is 3. The predicted molar refractivity (Wildman–Crippen MR) is 115 cm³/mol. The maximum Gasteiger partial charge on any atom is 0.178 e. The van der Waals surface area contributed by atoms with Gasteiger partial charge in [0.1, 0.15) is 0 Å². The number of rotatable bonds is 1. The van der Waals surface area contributed by atoms with Crippen LogP contribution in [0.2, 0.25) is 0 Å².